The second kappa shape index (κ2) is 13.4. The maximum atomic E-state index is 13.9. The molecular weight excluding hydrogens is 490 g/mol. The van der Waals surface area contributed by atoms with Crippen LogP contribution in [-0.4, -0.2) is 52.3 Å². The molecule has 8 heteroatoms. The van der Waals surface area contributed by atoms with Gasteiger partial charge in [-0.05, 0) is 88.5 Å². The molecule has 2 heterocycles. The number of anilines is 1. The summed E-state index contributed by atoms with van der Waals surface area (Å²) in [6, 6.07) is 5.45. The minimum absolute atomic E-state index is 0.000691. The summed E-state index contributed by atoms with van der Waals surface area (Å²) in [5.41, 5.74) is 0.177. The molecule has 4 rings (SSSR count). The minimum atomic E-state index is -0.548. The Morgan fingerprint density at radius 3 is 2.74 bits per heavy atom. The summed E-state index contributed by atoms with van der Waals surface area (Å²) in [4.78, 5) is 46.0. The van der Waals surface area contributed by atoms with Gasteiger partial charge in [-0.25, -0.2) is 4.98 Å². The van der Waals surface area contributed by atoms with E-state index in [-0.39, 0.29) is 42.1 Å². The second-order valence-corrected chi connectivity index (χ2v) is 11.9. The molecule has 1 aliphatic heterocycles. The smallest absolute Gasteiger partial charge is 0.244 e. The van der Waals surface area contributed by atoms with Crippen molar-refractivity contribution in [3.63, 3.8) is 0 Å². The summed E-state index contributed by atoms with van der Waals surface area (Å²) >= 11 is 0. The van der Waals surface area contributed by atoms with Gasteiger partial charge in [0.15, 0.2) is 0 Å². The van der Waals surface area contributed by atoms with Crippen LogP contribution < -0.4 is 16.0 Å². The fourth-order valence-corrected chi connectivity index (χ4v) is 6.13. The molecule has 3 N–H and O–H groups in total. The number of carbonyl (C=O) groups is 3. The SMILES string of the molecule is CC1/C=C\C(NC(=O)CN2C(=O)C3(CCCC(C)CC3)NCCC2C)=C/CCC(C(=O)Nc2ccccn2)C1. The Hall–Kier alpha value is -3.00. The van der Waals surface area contributed by atoms with E-state index < -0.39 is 5.54 Å². The molecule has 0 aromatic carbocycles. The number of hydrogen-bond acceptors (Lipinski definition) is 5. The number of nitrogens with one attached hydrogen (secondary N) is 3. The molecule has 1 saturated heterocycles. The summed E-state index contributed by atoms with van der Waals surface area (Å²) in [6.45, 7) is 7.24. The molecule has 0 bridgehead atoms. The number of amides is 3. The van der Waals surface area contributed by atoms with Gasteiger partial charge in [0.2, 0.25) is 17.7 Å². The molecule has 5 unspecified atom stereocenters. The molecule has 3 aliphatic rings. The minimum Gasteiger partial charge on any atom is -0.329 e. The normalized spacial score (nSPS) is 32.4. The van der Waals surface area contributed by atoms with Gasteiger partial charge in [0.05, 0.1) is 5.54 Å². The molecule has 212 valence electrons. The number of pyridine rings is 1. The first-order valence-corrected chi connectivity index (χ1v) is 14.7. The zero-order valence-electron chi connectivity index (χ0n) is 23.7. The molecule has 3 amide bonds. The molecule has 2 aliphatic carbocycles. The Morgan fingerprint density at radius 1 is 1.10 bits per heavy atom. The van der Waals surface area contributed by atoms with Crippen LogP contribution in [0.25, 0.3) is 0 Å². The number of hydrogen-bond donors (Lipinski definition) is 3. The van der Waals surface area contributed by atoms with Gasteiger partial charge in [-0.1, -0.05) is 44.9 Å². The largest absolute Gasteiger partial charge is 0.329 e. The van der Waals surface area contributed by atoms with Gasteiger partial charge in [0, 0.05) is 23.9 Å². The Kier molecular flexibility index (Phi) is 9.94. The van der Waals surface area contributed by atoms with Crippen LogP contribution in [0.4, 0.5) is 5.82 Å². The molecule has 0 radical (unpaired) electrons. The van der Waals surface area contributed by atoms with E-state index >= 15 is 0 Å². The molecule has 1 aromatic rings. The lowest BCUT2D eigenvalue weighted by molar-refractivity contribution is -0.143. The second-order valence-electron chi connectivity index (χ2n) is 11.9. The Labute approximate surface area is 233 Å². The van der Waals surface area contributed by atoms with E-state index in [1.807, 2.05) is 37.3 Å². The molecular formula is C31H45N5O3. The molecule has 1 aromatic heterocycles. The van der Waals surface area contributed by atoms with Gasteiger partial charge >= 0.3 is 0 Å². The molecule has 8 nitrogen and oxygen atoms in total. The predicted octanol–water partition coefficient (Wildman–Crippen LogP) is 4.56. The van der Waals surface area contributed by atoms with Gasteiger partial charge < -0.3 is 20.9 Å². The first-order chi connectivity index (χ1) is 18.8. The average molecular weight is 536 g/mol. The third-order valence-electron chi connectivity index (χ3n) is 8.62. The summed E-state index contributed by atoms with van der Waals surface area (Å²) < 4.78 is 0. The van der Waals surface area contributed by atoms with Crippen LogP contribution >= 0.6 is 0 Å². The van der Waals surface area contributed by atoms with Crippen LogP contribution in [0.15, 0.2) is 48.3 Å². The van der Waals surface area contributed by atoms with Crippen molar-refractivity contribution < 1.29 is 14.4 Å². The van der Waals surface area contributed by atoms with Gasteiger partial charge in [-0.3, -0.25) is 14.4 Å². The molecule has 2 fully saturated rings. The predicted molar refractivity (Wildman–Crippen MR) is 154 cm³/mol. The van der Waals surface area contributed by atoms with E-state index in [1.165, 1.54) is 0 Å². The number of allylic oxidation sites excluding steroid dienone is 3. The lowest BCUT2D eigenvalue weighted by Gasteiger charge is -2.36. The molecule has 5 atom stereocenters. The summed E-state index contributed by atoms with van der Waals surface area (Å²) in [7, 11) is 0. The topological polar surface area (TPSA) is 103 Å². The van der Waals surface area contributed by atoms with E-state index in [0.717, 1.165) is 57.2 Å². The third kappa shape index (κ3) is 7.78. The summed E-state index contributed by atoms with van der Waals surface area (Å²) in [6.07, 6.45) is 15.4. The quantitative estimate of drug-likeness (QED) is 0.513. The average Bonchev–Trinajstić information content (AvgIpc) is 3.12. The highest BCUT2D eigenvalue weighted by Crippen LogP contribution is 2.34. The monoisotopic (exact) mass is 535 g/mol. The van der Waals surface area contributed by atoms with Crippen molar-refractivity contribution >= 4 is 23.5 Å². The highest BCUT2D eigenvalue weighted by atomic mass is 16.2. The first kappa shape index (κ1) is 29.0. The Balaban J connectivity index is 1.38. The van der Waals surface area contributed by atoms with Crippen molar-refractivity contribution in [3.8, 4) is 0 Å². The Bertz CT molecular complexity index is 1070. The van der Waals surface area contributed by atoms with E-state index in [1.54, 1.807) is 17.2 Å². The zero-order chi connectivity index (χ0) is 27.8. The first-order valence-electron chi connectivity index (χ1n) is 14.7. The van der Waals surface area contributed by atoms with Crippen LogP contribution in [0.1, 0.15) is 78.6 Å². The number of nitrogens with zero attached hydrogens (tertiary/aromatic N) is 2. The van der Waals surface area contributed by atoms with Crippen LogP contribution in [0.3, 0.4) is 0 Å². The standard InChI is InChI=1S/C31H45N5O3/c1-22-8-7-16-31(17-14-22)30(39)36(24(3)15-19-33-31)21-28(37)34-26-10-6-9-25(20-23(2)12-13-26)29(38)35-27-11-4-5-18-32-27/h4-5,10-13,18,22-25,33H,6-9,14-17,19-21H2,1-3H3,(H,34,37)(H,32,35,38)/b13-12-,26-10+. The number of carbonyl (C=O) groups excluding carboxylic acids is 3. The van der Waals surface area contributed by atoms with E-state index in [9.17, 15) is 14.4 Å². The summed E-state index contributed by atoms with van der Waals surface area (Å²) in [5.74, 6) is 1.06. The van der Waals surface area contributed by atoms with E-state index in [4.69, 9.17) is 0 Å². The lowest BCUT2D eigenvalue weighted by Crippen LogP contribution is -2.58. The number of aromatic nitrogens is 1. The van der Waals surface area contributed by atoms with Crippen LogP contribution in [-0.2, 0) is 14.4 Å². The summed E-state index contributed by atoms with van der Waals surface area (Å²) in [5, 5.41) is 9.57. The molecule has 1 saturated carbocycles. The zero-order valence-corrected chi connectivity index (χ0v) is 23.7. The van der Waals surface area contributed by atoms with Crippen molar-refractivity contribution in [1.29, 1.82) is 0 Å². The van der Waals surface area contributed by atoms with Gasteiger partial charge in [-0.2, -0.15) is 0 Å². The van der Waals surface area contributed by atoms with Crippen molar-refractivity contribution in [3.05, 3.63) is 48.3 Å². The fourth-order valence-electron chi connectivity index (χ4n) is 6.13. The lowest BCUT2D eigenvalue weighted by atomic mass is 9.88. The van der Waals surface area contributed by atoms with Crippen molar-refractivity contribution in [2.24, 2.45) is 17.8 Å². The van der Waals surface area contributed by atoms with E-state index in [0.29, 0.717) is 24.6 Å². The molecule has 1 spiro atoms. The van der Waals surface area contributed by atoms with Gasteiger partial charge in [-0.15, -0.1) is 0 Å². The van der Waals surface area contributed by atoms with E-state index in [2.05, 4.69) is 34.8 Å². The third-order valence-corrected chi connectivity index (χ3v) is 8.62. The van der Waals surface area contributed by atoms with Crippen LogP contribution in [0, 0.1) is 17.8 Å². The maximum Gasteiger partial charge on any atom is 0.244 e. The van der Waals surface area contributed by atoms with Crippen molar-refractivity contribution in [2.75, 3.05) is 18.4 Å². The van der Waals surface area contributed by atoms with Crippen LogP contribution in [0.2, 0.25) is 0 Å². The van der Waals surface area contributed by atoms with Crippen molar-refractivity contribution in [1.82, 2.24) is 20.5 Å². The maximum absolute atomic E-state index is 13.9. The fraction of sp³-hybridized carbons (Fsp3) is 0.613. The Morgan fingerprint density at radius 2 is 1.95 bits per heavy atom. The van der Waals surface area contributed by atoms with Gasteiger partial charge in [0.1, 0.15) is 12.4 Å². The van der Waals surface area contributed by atoms with Crippen LogP contribution in [0.5, 0.6) is 0 Å². The van der Waals surface area contributed by atoms with Gasteiger partial charge in [0.25, 0.3) is 0 Å². The number of rotatable bonds is 5. The van der Waals surface area contributed by atoms with Crippen molar-refractivity contribution in [2.45, 2.75) is 90.1 Å². The highest BCUT2D eigenvalue weighted by molar-refractivity contribution is 5.92. The highest BCUT2D eigenvalue weighted by Gasteiger charge is 2.45. The molecule has 39 heavy (non-hydrogen) atoms.